The zero-order chi connectivity index (χ0) is 12.7. The molecule has 0 heterocycles. The predicted octanol–water partition coefficient (Wildman–Crippen LogP) is 2.20. The average Bonchev–Trinajstić information content (AvgIpc) is 2.36. The highest BCUT2D eigenvalue weighted by molar-refractivity contribution is 5.85. The normalized spacial score (nSPS) is 11.5. The third kappa shape index (κ3) is 5.49. The van der Waals surface area contributed by atoms with Gasteiger partial charge in [-0.1, -0.05) is 25.5 Å². The Balaban J connectivity index is 0.00000289. The summed E-state index contributed by atoms with van der Waals surface area (Å²) < 4.78 is 5.13. The second kappa shape index (κ2) is 8.91. The molecule has 0 aliphatic carbocycles. The van der Waals surface area contributed by atoms with Crippen molar-refractivity contribution in [2.45, 2.75) is 32.3 Å². The van der Waals surface area contributed by atoms with Gasteiger partial charge in [-0.05, 0) is 24.1 Å². The first-order valence-electron chi connectivity index (χ1n) is 5.86. The van der Waals surface area contributed by atoms with Crippen molar-refractivity contribution in [3.05, 3.63) is 29.8 Å². The van der Waals surface area contributed by atoms with Crippen LogP contribution in [0.4, 0.5) is 0 Å². The van der Waals surface area contributed by atoms with Crippen LogP contribution in [-0.2, 0) is 4.79 Å². The molecule has 0 saturated carbocycles. The standard InChI is InChI=1S/C13H19NO3.ClH/c1-2-3-4-13(16)17-11-7-5-10(6-8-11)12(15)9-14;/h5-8,12,15H,2-4,9,14H2,1H3;1H. The Morgan fingerprint density at radius 3 is 2.50 bits per heavy atom. The Hall–Kier alpha value is -1.10. The molecule has 0 bridgehead atoms. The Morgan fingerprint density at radius 2 is 2.00 bits per heavy atom. The van der Waals surface area contributed by atoms with E-state index in [0.717, 1.165) is 18.4 Å². The van der Waals surface area contributed by atoms with Gasteiger partial charge in [0.2, 0.25) is 0 Å². The molecule has 4 nitrogen and oxygen atoms in total. The number of aliphatic hydroxyl groups excluding tert-OH is 1. The minimum absolute atomic E-state index is 0. The van der Waals surface area contributed by atoms with Crippen molar-refractivity contribution >= 4 is 18.4 Å². The minimum Gasteiger partial charge on any atom is -0.427 e. The van der Waals surface area contributed by atoms with Gasteiger partial charge in [0.05, 0.1) is 6.10 Å². The minimum atomic E-state index is -0.667. The summed E-state index contributed by atoms with van der Waals surface area (Å²) in [6.45, 7) is 2.20. The number of benzene rings is 1. The number of hydrogen-bond acceptors (Lipinski definition) is 4. The van der Waals surface area contributed by atoms with Gasteiger partial charge < -0.3 is 15.6 Å². The van der Waals surface area contributed by atoms with E-state index in [9.17, 15) is 9.90 Å². The molecule has 18 heavy (non-hydrogen) atoms. The second-order valence-corrected chi connectivity index (χ2v) is 3.90. The smallest absolute Gasteiger partial charge is 0.311 e. The Labute approximate surface area is 114 Å². The highest BCUT2D eigenvalue weighted by Gasteiger charge is 2.07. The monoisotopic (exact) mass is 273 g/mol. The summed E-state index contributed by atoms with van der Waals surface area (Å²) in [5, 5.41) is 9.49. The maximum absolute atomic E-state index is 11.4. The molecule has 1 rings (SSSR count). The van der Waals surface area contributed by atoms with Crippen molar-refractivity contribution in [1.29, 1.82) is 0 Å². The number of esters is 1. The molecule has 0 aromatic heterocycles. The molecule has 1 aromatic rings. The zero-order valence-electron chi connectivity index (χ0n) is 10.5. The Bertz CT molecular complexity index is 354. The summed E-state index contributed by atoms with van der Waals surface area (Å²) in [6.07, 6.45) is 1.57. The zero-order valence-corrected chi connectivity index (χ0v) is 11.3. The molecule has 0 fully saturated rings. The van der Waals surface area contributed by atoms with Crippen LogP contribution in [-0.4, -0.2) is 17.6 Å². The maximum atomic E-state index is 11.4. The number of ether oxygens (including phenoxy) is 1. The van der Waals surface area contributed by atoms with Crippen LogP contribution < -0.4 is 10.5 Å². The molecule has 0 saturated heterocycles. The molecule has 3 N–H and O–H groups in total. The first-order valence-corrected chi connectivity index (χ1v) is 5.86. The van der Waals surface area contributed by atoms with Crippen molar-refractivity contribution < 1.29 is 14.6 Å². The lowest BCUT2D eigenvalue weighted by molar-refractivity contribution is -0.134. The number of halogens is 1. The fourth-order valence-corrected chi connectivity index (χ4v) is 1.40. The van der Waals surface area contributed by atoms with Crippen LogP contribution >= 0.6 is 12.4 Å². The van der Waals surface area contributed by atoms with Gasteiger partial charge in [-0.3, -0.25) is 4.79 Å². The predicted molar refractivity (Wildman–Crippen MR) is 72.9 cm³/mol. The summed E-state index contributed by atoms with van der Waals surface area (Å²) >= 11 is 0. The van der Waals surface area contributed by atoms with Gasteiger partial charge in [0.15, 0.2) is 0 Å². The first kappa shape index (κ1) is 16.9. The summed E-state index contributed by atoms with van der Waals surface area (Å²) in [5.74, 6) is 0.276. The van der Waals surface area contributed by atoms with Crippen LogP contribution in [0.1, 0.15) is 37.9 Å². The fourth-order valence-electron chi connectivity index (χ4n) is 1.40. The third-order valence-electron chi connectivity index (χ3n) is 2.45. The molecule has 1 atom stereocenters. The SMILES string of the molecule is CCCCC(=O)Oc1ccc(C(O)CN)cc1.Cl. The van der Waals surface area contributed by atoms with Crippen LogP contribution in [0.25, 0.3) is 0 Å². The molecular formula is C13H20ClNO3. The number of hydrogen-bond donors (Lipinski definition) is 2. The van der Waals surface area contributed by atoms with Crippen LogP contribution in [0.5, 0.6) is 5.75 Å². The van der Waals surface area contributed by atoms with Gasteiger partial charge in [-0.2, -0.15) is 0 Å². The van der Waals surface area contributed by atoms with E-state index in [1.54, 1.807) is 24.3 Å². The molecule has 0 aliphatic heterocycles. The molecule has 0 radical (unpaired) electrons. The van der Waals surface area contributed by atoms with Crippen molar-refractivity contribution in [3.63, 3.8) is 0 Å². The largest absolute Gasteiger partial charge is 0.427 e. The molecular weight excluding hydrogens is 254 g/mol. The molecule has 5 heteroatoms. The topological polar surface area (TPSA) is 72.5 Å². The lowest BCUT2D eigenvalue weighted by atomic mass is 10.1. The highest BCUT2D eigenvalue weighted by Crippen LogP contribution is 2.17. The number of carbonyl (C=O) groups is 1. The van der Waals surface area contributed by atoms with Crippen molar-refractivity contribution in [2.24, 2.45) is 5.73 Å². The molecule has 0 aliphatic rings. The van der Waals surface area contributed by atoms with E-state index in [-0.39, 0.29) is 24.9 Å². The van der Waals surface area contributed by atoms with Gasteiger partial charge in [-0.25, -0.2) is 0 Å². The van der Waals surface area contributed by atoms with Crippen LogP contribution in [0, 0.1) is 0 Å². The Kier molecular flexibility index (Phi) is 8.37. The van der Waals surface area contributed by atoms with Gasteiger partial charge in [0, 0.05) is 13.0 Å². The fraction of sp³-hybridized carbons (Fsp3) is 0.462. The number of carbonyl (C=O) groups excluding carboxylic acids is 1. The van der Waals surface area contributed by atoms with Crippen molar-refractivity contribution in [3.8, 4) is 5.75 Å². The molecule has 0 spiro atoms. The van der Waals surface area contributed by atoms with Crippen molar-refractivity contribution in [1.82, 2.24) is 0 Å². The molecule has 0 amide bonds. The van der Waals surface area contributed by atoms with Crippen molar-refractivity contribution in [2.75, 3.05) is 6.54 Å². The lowest BCUT2D eigenvalue weighted by Crippen LogP contribution is -2.11. The Morgan fingerprint density at radius 1 is 1.39 bits per heavy atom. The van der Waals surface area contributed by atoms with E-state index in [2.05, 4.69) is 0 Å². The molecule has 1 unspecified atom stereocenters. The van der Waals surface area contributed by atoms with E-state index >= 15 is 0 Å². The first-order chi connectivity index (χ1) is 8.17. The molecule has 1 aromatic carbocycles. The van der Waals surface area contributed by atoms with E-state index < -0.39 is 6.10 Å². The summed E-state index contributed by atoms with van der Waals surface area (Å²) in [6, 6.07) is 6.75. The van der Waals surface area contributed by atoms with E-state index in [4.69, 9.17) is 10.5 Å². The van der Waals surface area contributed by atoms with Gasteiger partial charge in [0.25, 0.3) is 0 Å². The average molecular weight is 274 g/mol. The summed E-state index contributed by atoms with van der Waals surface area (Å²) in [4.78, 5) is 11.4. The number of aliphatic hydroxyl groups is 1. The van der Waals surface area contributed by atoms with Gasteiger partial charge >= 0.3 is 5.97 Å². The number of nitrogens with two attached hydrogens (primary N) is 1. The summed E-state index contributed by atoms with van der Waals surface area (Å²) in [5.41, 5.74) is 6.07. The van der Waals surface area contributed by atoms with Gasteiger partial charge in [0.1, 0.15) is 5.75 Å². The number of rotatable bonds is 6. The summed E-state index contributed by atoms with van der Waals surface area (Å²) in [7, 11) is 0. The van der Waals surface area contributed by atoms with Gasteiger partial charge in [-0.15, -0.1) is 12.4 Å². The van der Waals surface area contributed by atoms with E-state index in [0.29, 0.717) is 12.2 Å². The second-order valence-electron chi connectivity index (χ2n) is 3.90. The quantitative estimate of drug-likeness (QED) is 0.616. The maximum Gasteiger partial charge on any atom is 0.311 e. The van der Waals surface area contributed by atoms with E-state index in [1.165, 1.54) is 0 Å². The lowest BCUT2D eigenvalue weighted by Gasteiger charge is -2.09. The molecule has 102 valence electrons. The highest BCUT2D eigenvalue weighted by atomic mass is 35.5. The van der Waals surface area contributed by atoms with Crippen LogP contribution in [0.3, 0.4) is 0 Å². The number of unbranched alkanes of at least 4 members (excludes halogenated alkanes) is 1. The van der Waals surface area contributed by atoms with Crippen LogP contribution in [0.2, 0.25) is 0 Å². The van der Waals surface area contributed by atoms with E-state index in [1.807, 2.05) is 6.92 Å². The third-order valence-corrected chi connectivity index (χ3v) is 2.45. The van der Waals surface area contributed by atoms with Crippen LogP contribution in [0.15, 0.2) is 24.3 Å².